The van der Waals surface area contributed by atoms with E-state index >= 15 is 0 Å². The lowest BCUT2D eigenvalue weighted by Crippen LogP contribution is -2.50. The molecule has 0 radical (unpaired) electrons. The fourth-order valence-electron chi connectivity index (χ4n) is 1.61. The number of nitrogens with zero attached hydrogens (tertiary/aromatic N) is 1. The van der Waals surface area contributed by atoms with Crippen molar-refractivity contribution in [3.63, 3.8) is 0 Å². The lowest BCUT2D eigenvalue weighted by Gasteiger charge is -2.33. The Morgan fingerprint density at radius 2 is 2.25 bits per heavy atom. The number of carbonyl (C=O) groups excluding carboxylic acids is 1. The van der Waals surface area contributed by atoms with Gasteiger partial charge in [0, 0.05) is 12.6 Å². The van der Waals surface area contributed by atoms with Crippen molar-refractivity contribution in [1.29, 1.82) is 0 Å². The first-order chi connectivity index (χ1) is 5.65. The van der Waals surface area contributed by atoms with Crippen LogP contribution in [-0.4, -0.2) is 43.7 Å². The van der Waals surface area contributed by atoms with Crippen molar-refractivity contribution in [3.05, 3.63) is 0 Å². The zero-order valence-corrected chi connectivity index (χ0v) is 7.62. The largest absolute Gasteiger partial charge is 0.468 e. The highest BCUT2D eigenvalue weighted by Crippen LogP contribution is 2.15. The number of rotatable bonds is 1. The first kappa shape index (κ1) is 9.48. The molecule has 0 unspecified atom stereocenters. The third-order valence-corrected chi connectivity index (χ3v) is 2.34. The molecular formula is C8H16N2O2. The molecule has 12 heavy (non-hydrogen) atoms. The molecule has 1 aliphatic heterocycles. The highest BCUT2D eigenvalue weighted by Gasteiger charge is 2.29. The summed E-state index contributed by atoms with van der Waals surface area (Å²) in [5.74, 6) is -0.149. The normalized spacial score (nSPS) is 31.6. The van der Waals surface area contributed by atoms with Gasteiger partial charge in [-0.3, -0.25) is 9.69 Å². The van der Waals surface area contributed by atoms with Crippen LogP contribution in [0.4, 0.5) is 0 Å². The quantitative estimate of drug-likeness (QED) is 0.546. The fourth-order valence-corrected chi connectivity index (χ4v) is 1.61. The second-order valence-electron chi connectivity index (χ2n) is 3.32. The minimum absolute atomic E-state index is 0.0881. The zero-order valence-electron chi connectivity index (χ0n) is 7.62. The van der Waals surface area contributed by atoms with Crippen LogP contribution >= 0.6 is 0 Å². The molecule has 2 N–H and O–H groups in total. The standard InChI is InChI=1S/C8H16N2O2/c1-10-5-6(9)3-4-7(10)8(11)12-2/h6-7H,3-5,9H2,1-2H3/t6-,7+/m1/s1. The minimum atomic E-state index is -0.149. The Kier molecular flexibility index (Phi) is 3.05. The molecule has 0 aromatic carbocycles. The summed E-state index contributed by atoms with van der Waals surface area (Å²) >= 11 is 0. The van der Waals surface area contributed by atoms with Crippen LogP contribution in [0.25, 0.3) is 0 Å². The molecule has 1 saturated heterocycles. The van der Waals surface area contributed by atoms with Gasteiger partial charge in [0.1, 0.15) is 6.04 Å². The Morgan fingerprint density at radius 1 is 1.58 bits per heavy atom. The van der Waals surface area contributed by atoms with Gasteiger partial charge in [-0.25, -0.2) is 0 Å². The highest BCUT2D eigenvalue weighted by molar-refractivity contribution is 5.75. The number of piperidine rings is 1. The summed E-state index contributed by atoms with van der Waals surface area (Å²) in [6.07, 6.45) is 1.72. The molecule has 0 aromatic rings. The van der Waals surface area contributed by atoms with Gasteiger partial charge in [-0.15, -0.1) is 0 Å². The van der Waals surface area contributed by atoms with Crippen LogP contribution in [0.1, 0.15) is 12.8 Å². The maximum atomic E-state index is 11.2. The van der Waals surface area contributed by atoms with Crippen LogP contribution in [0, 0.1) is 0 Å². The molecule has 0 spiro atoms. The summed E-state index contributed by atoms with van der Waals surface area (Å²) in [6, 6.07) is 0.116. The summed E-state index contributed by atoms with van der Waals surface area (Å²) in [5.41, 5.74) is 5.74. The third kappa shape index (κ3) is 1.95. The van der Waals surface area contributed by atoms with Gasteiger partial charge in [-0.05, 0) is 19.9 Å². The van der Waals surface area contributed by atoms with E-state index in [0.717, 1.165) is 19.4 Å². The van der Waals surface area contributed by atoms with Gasteiger partial charge < -0.3 is 10.5 Å². The molecule has 1 fully saturated rings. The van der Waals surface area contributed by atoms with Gasteiger partial charge in [-0.1, -0.05) is 0 Å². The number of methoxy groups -OCH3 is 1. The maximum absolute atomic E-state index is 11.2. The maximum Gasteiger partial charge on any atom is 0.323 e. The van der Waals surface area contributed by atoms with E-state index in [2.05, 4.69) is 4.74 Å². The van der Waals surface area contributed by atoms with Crippen LogP contribution in [0.15, 0.2) is 0 Å². The van der Waals surface area contributed by atoms with Crippen molar-refractivity contribution in [2.24, 2.45) is 5.73 Å². The van der Waals surface area contributed by atoms with E-state index in [1.165, 1.54) is 7.11 Å². The molecule has 0 saturated carbocycles. The monoisotopic (exact) mass is 172 g/mol. The van der Waals surface area contributed by atoms with Gasteiger partial charge in [0.15, 0.2) is 0 Å². The predicted octanol–water partition coefficient (Wildman–Crippen LogP) is -0.419. The summed E-state index contributed by atoms with van der Waals surface area (Å²) < 4.78 is 4.67. The second kappa shape index (κ2) is 3.87. The number of carbonyl (C=O) groups is 1. The lowest BCUT2D eigenvalue weighted by molar-refractivity contribution is -0.147. The Balaban J connectivity index is 2.50. The summed E-state index contributed by atoms with van der Waals surface area (Å²) in [7, 11) is 3.32. The lowest BCUT2D eigenvalue weighted by atomic mass is 10.00. The Labute approximate surface area is 72.7 Å². The highest BCUT2D eigenvalue weighted by atomic mass is 16.5. The Morgan fingerprint density at radius 3 is 2.75 bits per heavy atom. The van der Waals surface area contributed by atoms with E-state index in [-0.39, 0.29) is 18.1 Å². The SMILES string of the molecule is COC(=O)[C@@H]1CC[C@@H](N)CN1C. The molecule has 70 valence electrons. The van der Waals surface area contributed by atoms with E-state index in [9.17, 15) is 4.79 Å². The van der Waals surface area contributed by atoms with E-state index in [1.54, 1.807) is 0 Å². The average molecular weight is 172 g/mol. The number of likely N-dealkylation sites (tertiary alicyclic amines) is 1. The van der Waals surface area contributed by atoms with E-state index in [4.69, 9.17) is 5.73 Å². The molecule has 0 aliphatic carbocycles. The van der Waals surface area contributed by atoms with E-state index in [0.29, 0.717) is 0 Å². The molecule has 1 rings (SSSR count). The van der Waals surface area contributed by atoms with Crippen molar-refractivity contribution in [2.45, 2.75) is 24.9 Å². The van der Waals surface area contributed by atoms with Gasteiger partial charge in [0.2, 0.25) is 0 Å². The molecule has 0 bridgehead atoms. The smallest absolute Gasteiger partial charge is 0.323 e. The molecule has 4 nitrogen and oxygen atoms in total. The molecule has 1 heterocycles. The zero-order chi connectivity index (χ0) is 9.14. The first-order valence-corrected chi connectivity index (χ1v) is 4.18. The van der Waals surface area contributed by atoms with Crippen LogP contribution in [0.5, 0.6) is 0 Å². The van der Waals surface area contributed by atoms with E-state index in [1.807, 2.05) is 11.9 Å². The van der Waals surface area contributed by atoms with Crippen LogP contribution in [0.3, 0.4) is 0 Å². The molecule has 0 amide bonds. The van der Waals surface area contributed by atoms with Crippen molar-refractivity contribution in [2.75, 3.05) is 20.7 Å². The first-order valence-electron chi connectivity index (χ1n) is 4.18. The third-order valence-electron chi connectivity index (χ3n) is 2.34. The average Bonchev–Trinajstić information content (AvgIpc) is 2.03. The Bertz CT molecular complexity index is 172. The van der Waals surface area contributed by atoms with Crippen molar-refractivity contribution in [3.8, 4) is 0 Å². The fraction of sp³-hybridized carbons (Fsp3) is 0.875. The molecular weight excluding hydrogens is 156 g/mol. The van der Waals surface area contributed by atoms with Gasteiger partial charge >= 0.3 is 5.97 Å². The van der Waals surface area contributed by atoms with Crippen molar-refractivity contribution < 1.29 is 9.53 Å². The number of nitrogens with two attached hydrogens (primary N) is 1. The van der Waals surface area contributed by atoms with Gasteiger partial charge in [0.05, 0.1) is 7.11 Å². The summed E-state index contributed by atoms with van der Waals surface area (Å²) in [6.45, 7) is 0.778. The number of ether oxygens (including phenoxy) is 1. The molecule has 0 aromatic heterocycles. The molecule has 2 atom stereocenters. The van der Waals surface area contributed by atoms with Gasteiger partial charge in [-0.2, -0.15) is 0 Å². The topological polar surface area (TPSA) is 55.6 Å². The Hall–Kier alpha value is -0.610. The summed E-state index contributed by atoms with van der Waals surface area (Å²) in [5, 5.41) is 0. The molecule has 4 heteroatoms. The number of esters is 1. The van der Waals surface area contributed by atoms with Crippen LogP contribution in [0.2, 0.25) is 0 Å². The number of likely N-dealkylation sites (N-methyl/N-ethyl adjacent to an activating group) is 1. The van der Waals surface area contributed by atoms with Crippen molar-refractivity contribution in [1.82, 2.24) is 4.90 Å². The van der Waals surface area contributed by atoms with Gasteiger partial charge in [0.25, 0.3) is 0 Å². The predicted molar refractivity (Wildman–Crippen MR) is 45.6 cm³/mol. The summed E-state index contributed by atoms with van der Waals surface area (Å²) in [4.78, 5) is 13.1. The minimum Gasteiger partial charge on any atom is -0.468 e. The molecule has 1 aliphatic rings. The van der Waals surface area contributed by atoms with Crippen LogP contribution in [-0.2, 0) is 9.53 Å². The number of hydrogen-bond donors (Lipinski definition) is 1. The van der Waals surface area contributed by atoms with Crippen molar-refractivity contribution >= 4 is 5.97 Å². The van der Waals surface area contributed by atoms with Crippen LogP contribution < -0.4 is 5.73 Å². The van der Waals surface area contributed by atoms with E-state index < -0.39 is 0 Å². The second-order valence-corrected chi connectivity index (χ2v) is 3.32. The number of hydrogen-bond acceptors (Lipinski definition) is 4.